The zero-order valence-electron chi connectivity index (χ0n) is 17.8. The summed E-state index contributed by atoms with van der Waals surface area (Å²) in [6.45, 7) is 0.757. The zero-order valence-corrected chi connectivity index (χ0v) is 18.6. The summed E-state index contributed by atoms with van der Waals surface area (Å²) in [5.41, 5.74) is 2.87. The molecule has 0 unspecified atom stereocenters. The van der Waals surface area contributed by atoms with E-state index in [4.69, 9.17) is 4.74 Å². The summed E-state index contributed by atoms with van der Waals surface area (Å²) in [5.74, 6) is 0.489. The number of thioether (sulfide) groups is 1. The normalized spacial score (nSPS) is 14.9. The van der Waals surface area contributed by atoms with Gasteiger partial charge in [-0.3, -0.25) is 14.5 Å². The van der Waals surface area contributed by atoms with Gasteiger partial charge < -0.3 is 4.74 Å². The van der Waals surface area contributed by atoms with E-state index in [2.05, 4.69) is 30.3 Å². The van der Waals surface area contributed by atoms with E-state index in [0.717, 1.165) is 34.2 Å². The first kappa shape index (κ1) is 21.0. The molecule has 33 heavy (non-hydrogen) atoms. The Morgan fingerprint density at radius 2 is 1.48 bits per heavy atom. The van der Waals surface area contributed by atoms with Gasteiger partial charge in [0.2, 0.25) is 0 Å². The lowest BCUT2D eigenvalue weighted by atomic mass is 10.1. The minimum absolute atomic E-state index is 0.245. The Balaban J connectivity index is 1.23. The number of benzene rings is 4. The van der Waals surface area contributed by atoms with E-state index in [-0.39, 0.29) is 17.7 Å². The minimum atomic E-state index is -0.259. The predicted molar refractivity (Wildman–Crippen MR) is 133 cm³/mol. The van der Waals surface area contributed by atoms with Gasteiger partial charge in [0.1, 0.15) is 12.4 Å². The van der Waals surface area contributed by atoms with Gasteiger partial charge in [0.05, 0.1) is 11.4 Å². The molecule has 5 heteroatoms. The van der Waals surface area contributed by atoms with Crippen LogP contribution in [0.5, 0.6) is 5.75 Å². The topological polar surface area (TPSA) is 46.6 Å². The summed E-state index contributed by atoms with van der Waals surface area (Å²) in [7, 11) is 0. The van der Waals surface area contributed by atoms with Crippen LogP contribution in [-0.2, 0) is 17.9 Å². The van der Waals surface area contributed by atoms with Crippen LogP contribution in [0.2, 0.25) is 0 Å². The van der Waals surface area contributed by atoms with Crippen molar-refractivity contribution in [3.8, 4) is 5.75 Å². The maximum absolute atomic E-state index is 12.7. The molecule has 0 atom stereocenters. The summed E-state index contributed by atoms with van der Waals surface area (Å²) in [5, 5.41) is 2.15. The van der Waals surface area contributed by atoms with Gasteiger partial charge >= 0.3 is 0 Å². The van der Waals surface area contributed by atoms with Crippen LogP contribution in [0.15, 0.2) is 102 Å². The van der Waals surface area contributed by atoms with Crippen molar-refractivity contribution in [3.05, 3.63) is 119 Å². The maximum atomic E-state index is 12.7. The number of carbonyl (C=O) groups excluding carboxylic acids is 2. The summed E-state index contributed by atoms with van der Waals surface area (Å²) in [6, 6.07) is 31.6. The lowest BCUT2D eigenvalue weighted by Gasteiger charge is -2.12. The second-order valence-corrected chi connectivity index (χ2v) is 8.79. The Hall–Kier alpha value is -3.83. The Morgan fingerprint density at radius 3 is 2.27 bits per heavy atom. The molecule has 4 aromatic carbocycles. The van der Waals surface area contributed by atoms with E-state index >= 15 is 0 Å². The molecule has 4 nitrogen and oxygen atoms in total. The van der Waals surface area contributed by atoms with Gasteiger partial charge in [-0.1, -0.05) is 78.9 Å². The summed E-state index contributed by atoms with van der Waals surface area (Å²) >= 11 is 0.976. The second kappa shape index (κ2) is 9.35. The number of ether oxygens (including phenoxy) is 1. The Labute approximate surface area is 196 Å². The van der Waals surface area contributed by atoms with Crippen molar-refractivity contribution in [2.45, 2.75) is 13.2 Å². The zero-order chi connectivity index (χ0) is 22.6. The first-order valence-corrected chi connectivity index (χ1v) is 11.5. The molecule has 0 N–H and O–H groups in total. The van der Waals surface area contributed by atoms with Crippen molar-refractivity contribution in [1.29, 1.82) is 0 Å². The van der Waals surface area contributed by atoms with Crippen molar-refractivity contribution >= 4 is 39.8 Å². The van der Waals surface area contributed by atoms with Crippen LogP contribution in [-0.4, -0.2) is 16.0 Å². The quantitative estimate of drug-likeness (QED) is 0.308. The number of amides is 2. The van der Waals surface area contributed by atoms with Crippen LogP contribution in [0.25, 0.3) is 16.8 Å². The predicted octanol–water partition coefficient (Wildman–Crippen LogP) is 6.66. The smallest absolute Gasteiger partial charge is 0.293 e. The molecule has 1 saturated heterocycles. The summed E-state index contributed by atoms with van der Waals surface area (Å²) in [4.78, 5) is 26.8. The highest BCUT2D eigenvalue weighted by atomic mass is 32.2. The van der Waals surface area contributed by atoms with E-state index in [1.54, 1.807) is 6.08 Å². The molecule has 1 fully saturated rings. The van der Waals surface area contributed by atoms with Crippen LogP contribution >= 0.6 is 11.8 Å². The number of hydrogen-bond acceptors (Lipinski definition) is 4. The van der Waals surface area contributed by atoms with Gasteiger partial charge in [-0.05, 0) is 63.5 Å². The van der Waals surface area contributed by atoms with Crippen molar-refractivity contribution in [1.82, 2.24) is 4.90 Å². The number of nitrogens with zero attached hydrogens (tertiary/aromatic N) is 1. The minimum Gasteiger partial charge on any atom is -0.489 e. The molecule has 1 aliphatic heterocycles. The van der Waals surface area contributed by atoms with Crippen molar-refractivity contribution in [2.75, 3.05) is 0 Å². The van der Waals surface area contributed by atoms with E-state index in [1.165, 1.54) is 15.7 Å². The largest absolute Gasteiger partial charge is 0.489 e. The second-order valence-electron chi connectivity index (χ2n) is 7.79. The van der Waals surface area contributed by atoms with E-state index in [0.29, 0.717) is 11.5 Å². The van der Waals surface area contributed by atoms with Gasteiger partial charge in [-0.15, -0.1) is 0 Å². The lowest BCUT2D eigenvalue weighted by Crippen LogP contribution is -2.27. The molecule has 0 spiro atoms. The number of imide groups is 1. The van der Waals surface area contributed by atoms with Gasteiger partial charge in [-0.25, -0.2) is 0 Å². The molecule has 1 heterocycles. The number of fused-ring (bicyclic) bond motifs is 1. The molecule has 5 rings (SSSR count). The third-order valence-corrected chi connectivity index (χ3v) is 6.36. The van der Waals surface area contributed by atoms with Crippen LogP contribution in [0.4, 0.5) is 4.79 Å². The maximum Gasteiger partial charge on any atom is 0.293 e. The molecular weight excluding hydrogens is 430 g/mol. The molecule has 1 aliphatic rings. The van der Waals surface area contributed by atoms with Crippen LogP contribution in [0, 0.1) is 0 Å². The van der Waals surface area contributed by atoms with Gasteiger partial charge in [-0.2, -0.15) is 0 Å². The van der Waals surface area contributed by atoms with E-state index in [1.807, 2.05) is 66.7 Å². The number of carbonyl (C=O) groups is 2. The van der Waals surface area contributed by atoms with Gasteiger partial charge in [0, 0.05) is 0 Å². The van der Waals surface area contributed by atoms with Gasteiger partial charge in [0.25, 0.3) is 11.1 Å². The first-order chi connectivity index (χ1) is 16.2. The Morgan fingerprint density at radius 1 is 0.758 bits per heavy atom. The SMILES string of the molecule is O=C1S/C(=C\c2ccc(OCc3ccc4ccccc4c3)cc2)C(=O)N1Cc1ccccc1. The molecule has 4 aromatic rings. The third-order valence-electron chi connectivity index (χ3n) is 5.45. The highest BCUT2D eigenvalue weighted by Crippen LogP contribution is 2.33. The number of rotatable bonds is 6. The van der Waals surface area contributed by atoms with Crippen molar-refractivity contribution < 1.29 is 14.3 Å². The third kappa shape index (κ3) is 4.83. The average Bonchev–Trinajstić information content (AvgIpc) is 3.11. The molecule has 162 valence electrons. The van der Waals surface area contributed by atoms with Crippen LogP contribution in [0.1, 0.15) is 16.7 Å². The van der Waals surface area contributed by atoms with Crippen molar-refractivity contribution in [2.24, 2.45) is 0 Å². The molecule has 0 bridgehead atoms. The van der Waals surface area contributed by atoms with Crippen LogP contribution < -0.4 is 4.74 Å². The molecule has 0 radical (unpaired) electrons. The summed E-state index contributed by atoms with van der Waals surface area (Å²) < 4.78 is 5.93. The monoisotopic (exact) mass is 451 g/mol. The molecular formula is C28H21NO3S. The highest BCUT2D eigenvalue weighted by Gasteiger charge is 2.34. The standard InChI is InChI=1S/C28H21NO3S/c30-27-26(33-28(31)29(27)18-21-6-2-1-3-7-21)17-20-11-14-25(15-12-20)32-19-22-10-13-23-8-4-5-9-24(23)16-22/h1-17H,18-19H2/b26-17-. The Kier molecular flexibility index (Phi) is 5.96. The van der Waals surface area contributed by atoms with Gasteiger partial charge in [0.15, 0.2) is 0 Å². The average molecular weight is 452 g/mol. The molecule has 0 aromatic heterocycles. The fraction of sp³-hybridized carbons (Fsp3) is 0.0714. The summed E-state index contributed by atoms with van der Waals surface area (Å²) in [6.07, 6.45) is 1.75. The van der Waals surface area contributed by atoms with Crippen molar-refractivity contribution in [3.63, 3.8) is 0 Å². The first-order valence-electron chi connectivity index (χ1n) is 10.7. The van der Waals surface area contributed by atoms with E-state index < -0.39 is 0 Å². The molecule has 0 aliphatic carbocycles. The molecule has 2 amide bonds. The lowest BCUT2D eigenvalue weighted by molar-refractivity contribution is -0.123. The highest BCUT2D eigenvalue weighted by molar-refractivity contribution is 8.18. The van der Waals surface area contributed by atoms with Crippen LogP contribution in [0.3, 0.4) is 0 Å². The fourth-order valence-electron chi connectivity index (χ4n) is 3.71. The number of hydrogen-bond donors (Lipinski definition) is 0. The van der Waals surface area contributed by atoms with E-state index in [9.17, 15) is 9.59 Å². The molecule has 0 saturated carbocycles. The fourth-order valence-corrected chi connectivity index (χ4v) is 4.55. The Bertz CT molecular complexity index is 1350.